The molecule has 2 heterocycles. The first kappa shape index (κ1) is 13.3. The Labute approximate surface area is 109 Å². The fraction of sp³-hybridized carbons (Fsp3) is 0.643. The molecule has 0 aromatic carbocycles. The van der Waals surface area contributed by atoms with Crippen LogP contribution in [0.5, 0.6) is 5.75 Å². The molecule has 1 aromatic rings. The Bertz CT molecular complexity index is 396. The Morgan fingerprint density at radius 1 is 1.22 bits per heavy atom. The number of rotatable bonds is 2. The molecule has 0 spiro atoms. The van der Waals surface area contributed by atoms with Crippen LogP contribution in [0.25, 0.3) is 0 Å². The van der Waals surface area contributed by atoms with Crippen molar-refractivity contribution in [2.75, 3.05) is 13.1 Å². The molecule has 100 valence electrons. The van der Waals surface area contributed by atoms with Crippen molar-refractivity contribution < 1.29 is 9.84 Å². The summed E-state index contributed by atoms with van der Waals surface area (Å²) in [7, 11) is 0. The summed E-state index contributed by atoms with van der Waals surface area (Å²) in [4.78, 5) is 6.59. The first-order chi connectivity index (χ1) is 8.26. The number of aromatic hydroxyl groups is 1. The molecule has 1 aliphatic heterocycles. The molecule has 4 heteroatoms. The van der Waals surface area contributed by atoms with Crippen LogP contribution in [-0.4, -0.2) is 39.3 Å². The minimum atomic E-state index is -0.140. The topological polar surface area (TPSA) is 45.6 Å². The van der Waals surface area contributed by atoms with Crippen LogP contribution in [0, 0.1) is 0 Å². The number of ether oxygens (including phenoxy) is 1. The van der Waals surface area contributed by atoms with Crippen LogP contribution in [0.1, 0.15) is 33.4 Å². The Morgan fingerprint density at radius 2 is 1.83 bits per heavy atom. The molecular weight excluding hydrogens is 228 g/mol. The van der Waals surface area contributed by atoms with Gasteiger partial charge in [-0.15, -0.1) is 0 Å². The van der Waals surface area contributed by atoms with E-state index in [0.717, 1.165) is 25.3 Å². The van der Waals surface area contributed by atoms with E-state index < -0.39 is 0 Å². The van der Waals surface area contributed by atoms with Gasteiger partial charge in [0, 0.05) is 19.6 Å². The van der Waals surface area contributed by atoms with E-state index in [0.29, 0.717) is 0 Å². The standard InChI is InChI=1S/C14H22N2O2/c1-13(2)9-16(10-14(3,4)18-13)8-11-5-6-12(17)7-15-11/h5-7,17H,8-10H2,1-4H3. The number of hydrogen-bond acceptors (Lipinski definition) is 4. The number of morpholine rings is 1. The molecule has 18 heavy (non-hydrogen) atoms. The van der Waals surface area contributed by atoms with Crippen molar-refractivity contribution in [3.05, 3.63) is 24.0 Å². The van der Waals surface area contributed by atoms with E-state index in [2.05, 4.69) is 37.6 Å². The fourth-order valence-corrected chi connectivity index (χ4v) is 2.80. The van der Waals surface area contributed by atoms with Crippen molar-refractivity contribution in [3.8, 4) is 5.75 Å². The van der Waals surface area contributed by atoms with E-state index in [1.165, 1.54) is 6.20 Å². The lowest BCUT2D eigenvalue weighted by Crippen LogP contribution is -2.56. The molecule has 1 aliphatic rings. The lowest BCUT2D eigenvalue weighted by molar-refractivity contribution is -0.182. The Morgan fingerprint density at radius 3 is 2.33 bits per heavy atom. The highest BCUT2D eigenvalue weighted by Gasteiger charge is 2.37. The van der Waals surface area contributed by atoms with Gasteiger partial charge < -0.3 is 9.84 Å². The third-order valence-electron chi connectivity index (χ3n) is 2.96. The molecule has 1 N–H and O–H groups in total. The van der Waals surface area contributed by atoms with Crippen LogP contribution in [0.2, 0.25) is 0 Å². The molecule has 0 unspecified atom stereocenters. The monoisotopic (exact) mass is 250 g/mol. The molecule has 1 saturated heterocycles. The molecule has 0 saturated carbocycles. The smallest absolute Gasteiger partial charge is 0.133 e. The minimum absolute atomic E-state index is 0.140. The van der Waals surface area contributed by atoms with Crippen LogP contribution in [0.3, 0.4) is 0 Å². The van der Waals surface area contributed by atoms with Crippen LogP contribution in [0.15, 0.2) is 18.3 Å². The van der Waals surface area contributed by atoms with Gasteiger partial charge in [-0.3, -0.25) is 9.88 Å². The largest absolute Gasteiger partial charge is 0.506 e. The Kier molecular flexibility index (Phi) is 3.34. The third-order valence-corrected chi connectivity index (χ3v) is 2.96. The van der Waals surface area contributed by atoms with Gasteiger partial charge in [-0.2, -0.15) is 0 Å². The lowest BCUT2D eigenvalue weighted by Gasteiger charge is -2.47. The second-order valence-electron chi connectivity index (χ2n) is 6.27. The Hall–Kier alpha value is -1.13. The predicted molar refractivity (Wildman–Crippen MR) is 70.4 cm³/mol. The molecule has 0 radical (unpaired) electrons. The quantitative estimate of drug-likeness (QED) is 0.874. The van der Waals surface area contributed by atoms with Crippen molar-refractivity contribution in [1.29, 1.82) is 0 Å². The van der Waals surface area contributed by atoms with Crippen LogP contribution >= 0.6 is 0 Å². The highest BCUT2D eigenvalue weighted by molar-refractivity contribution is 5.18. The van der Waals surface area contributed by atoms with Gasteiger partial charge in [0.2, 0.25) is 0 Å². The van der Waals surface area contributed by atoms with Crippen molar-refractivity contribution >= 4 is 0 Å². The minimum Gasteiger partial charge on any atom is -0.506 e. The molecule has 0 atom stereocenters. The van der Waals surface area contributed by atoms with Crippen molar-refractivity contribution in [1.82, 2.24) is 9.88 Å². The zero-order valence-corrected chi connectivity index (χ0v) is 11.6. The summed E-state index contributed by atoms with van der Waals surface area (Å²) in [6, 6.07) is 3.55. The molecule has 0 bridgehead atoms. The van der Waals surface area contributed by atoms with E-state index in [-0.39, 0.29) is 17.0 Å². The van der Waals surface area contributed by atoms with Gasteiger partial charge in [0.15, 0.2) is 0 Å². The summed E-state index contributed by atoms with van der Waals surface area (Å²) in [5, 5.41) is 9.23. The average Bonchev–Trinajstić information content (AvgIpc) is 2.16. The molecule has 4 nitrogen and oxygen atoms in total. The molecule has 0 aliphatic carbocycles. The number of hydrogen-bond donors (Lipinski definition) is 1. The summed E-state index contributed by atoms with van der Waals surface area (Å²) >= 11 is 0. The van der Waals surface area contributed by atoms with E-state index in [4.69, 9.17) is 4.74 Å². The summed E-state index contributed by atoms with van der Waals surface area (Å²) in [6.07, 6.45) is 1.49. The average molecular weight is 250 g/mol. The highest BCUT2D eigenvalue weighted by atomic mass is 16.5. The summed E-state index contributed by atoms with van der Waals surface area (Å²) in [5.41, 5.74) is 0.693. The second-order valence-corrected chi connectivity index (χ2v) is 6.27. The summed E-state index contributed by atoms with van der Waals surface area (Å²) < 4.78 is 6.05. The Balaban J connectivity index is 2.07. The number of nitrogens with zero attached hydrogens (tertiary/aromatic N) is 2. The zero-order valence-electron chi connectivity index (χ0n) is 11.6. The molecule has 2 rings (SSSR count). The van der Waals surface area contributed by atoms with Crippen LogP contribution < -0.4 is 0 Å². The number of aromatic nitrogens is 1. The zero-order chi connectivity index (χ0) is 13.4. The highest BCUT2D eigenvalue weighted by Crippen LogP contribution is 2.28. The van der Waals surface area contributed by atoms with E-state index in [9.17, 15) is 5.11 Å². The maximum absolute atomic E-state index is 9.23. The van der Waals surface area contributed by atoms with Gasteiger partial charge in [0.25, 0.3) is 0 Å². The van der Waals surface area contributed by atoms with Crippen molar-refractivity contribution in [2.45, 2.75) is 45.4 Å². The van der Waals surface area contributed by atoms with E-state index >= 15 is 0 Å². The molecular formula is C14H22N2O2. The van der Waals surface area contributed by atoms with E-state index in [1.807, 2.05) is 6.07 Å². The van der Waals surface area contributed by atoms with Crippen LogP contribution in [0.4, 0.5) is 0 Å². The summed E-state index contributed by atoms with van der Waals surface area (Å²) in [6.45, 7) is 11.0. The molecule has 1 fully saturated rings. The first-order valence-corrected chi connectivity index (χ1v) is 6.32. The second kappa shape index (κ2) is 4.52. The maximum Gasteiger partial charge on any atom is 0.133 e. The molecule has 1 aromatic heterocycles. The fourth-order valence-electron chi connectivity index (χ4n) is 2.80. The lowest BCUT2D eigenvalue weighted by atomic mass is 9.99. The SMILES string of the molecule is CC1(C)CN(Cc2ccc(O)cn2)CC(C)(C)O1. The van der Waals surface area contributed by atoms with Crippen molar-refractivity contribution in [3.63, 3.8) is 0 Å². The van der Waals surface area contributed by atoms with Gasteiger partial charge >= 0.3 is 0 Å². The maximum atomic E-state index is 9.23. The first-order valence-electron chi connectivity index (χ1n) is 6.32. The van der Waals surface area contributed by atoms with Crippen molar-refractivity contribution in [2.24, 2.45) is 0 Å². The normalized spacial score (nSPS) is 22.9. The van der Waals surface area contributed by atoms with Gasteiger partial charge in [-0.05, 0) is 39.8 Å². The van der Waals surface area contributed by atoms with Gasteiger partial charge in [-0.1, -0.05) is 0 Å². The van der Waals surface area contributed by atoms with Gasteiger partial charge in [0.05, 0.1) is 23.1 Å². The van der Waals surface area contributed by atoms with Gasteiger partial charge in [-0.25, -0.2) is 0 Å². The van der Waals surface area contributed by atoms with E-state index in [1.54, 1.807) is 6.07 Å². The third kappa shape index (κ3) is 3.43. The van der Waals surface area contributed by atoms with Crippen LogP contribution in [-0.2, 0) is 11.3 Å². The summed E-state index contributed by atoms with van der Waals surface area (Å²) in [5.74, 6) is 0.210. The molecule has 0 amide bonds. The number of pyridine rings is 1. The predicted octanol–water partition coefficient (Wildman–Crippen LogP) is 2.18. The van der Waals surface area contributed by atoms with Gasteiger partial charge in [0.1, 0.15) is 5.75 Å².